The summed E-state index contributed by atoms with van der Waals surface area (Å²) in [6.45, 7) is 6.89. The molecule has 0 saturated carbocycles. The van der Waals surface area contributed by atoms with E-state index in [0.717, 1.165) is 4.90 Å². The standard InChI is InChI=1S/C20H22N2O8/c1-10(29-13(23)9-11-5-7-12(8-6-11)22(27)28)14-17(24)21-15(19(25)26)16(20(2,3)4)30-18(14)21/h5-8,10,14,18H,9H2,1-4H3,(H,25,26). The molecule has 1 saturated heterocycles. The highest BCUT2D eigenvalue weighted by Crippen LogP contribution is 2.47. The molecule has 0 radical (unpaired) electrons. The largest absolute Gasteiger partial charge is 0.476 e. The van der Waals surface area contributed by atoms with E-state index in [2.05, 4.69) is 0 Å². The normalized spacial score (nSPS) is 21.5. The molecular weight excluding hydrogens is 396 g/mol. The number of nitrogens with zero attached hydrogens (tertiary/aromatic N) is 2. The fourth-order valence-corrected chi connectivity index (χ4v) is 3.53. The summed E-state index contributed by atoms with van der Waals surface area (Å²) in [5, 5.41) is 20.2. The molecule has 0 spiro atoms. The minimum Gasteiger partial charge on any atom is -0.476 e. The van der Waals surface area contributed by atoms with Crippen molar-refractivity contribution in [1.82, 2.24) is 4.90 Å². The van der Waals surface area contributed by atoms with E-state index >= 15 is 0 Å². The number of allylic oxidation sites excluding steroid dienone is 1. The zero-order chi connectivity index (χ0) is 22.4. The molecule has 10 heteroatoms. The zero-order valence-electron chi connectivity index (χ0n) is 16.9. The number of hydrogen-bond donors (Lipinski definition) is 1. The van der Waals surface area contributed by atoms with Crippen molar-refractivity contribution < 1.29 is 33.9 Å². The summed E-state index contributed by atoms with van der Waals surface area (Å²) < 4.78 is 11.2. The monoisotopic (exact) mass is 418 g/mol. The summed E-state index contributed by atoms with van der Waals surface area (Å²) >= 11 is 0. The lowest BCUT2D eigenvalue weighted by atomic mass is 9.89. The molecule has 0 aromatic heterocycles. The van der Waals surface area contributed by atoms with Crippen LogP contribution in [0.25, 0.3) is 0 Å². The molecule has 3 rings (SSSR count). The van der Waals surface area contributed by atoms with E-state index in [9.17, 15) is 29.6 Å². The van der Waals surface area contributed by atoms with Crippen LogP contribution in [0.1, 0.15) is 33.3 Å². The third kappa shape index (κ3) is 3.72. The second kappa shape index (κ2) is 7.43. The molecule has 3 atom stereocenters. The molecule has 3 unspecified atom stereocenters. The SMILES string of the molecule is CC(OC(=O)Cc1ccc([N+](=O)[O-])cc1)C1C(=O)N2C(C(=O)O)=C(C(C)(C)C)OC12. The van der Waals surface area contributed by atoms with Gasteiger partial charge in [-0.15, -0.1) is 0 Å². The molecule has 1 aromatic rings. The summed E-state index contributed by atoms with van der Waals surface area (Å²) in [6, 6.07) is 5.50. The second-order valence-corrected chi connectivity index (χ2v) is 8.27. The van der Waals surface area contributed by atoms with Crippen molar-refractivity contribution in [2.45, 2.75) is 46.4 Å². The number of nitro benzene ring substituents is 1. The molecule has 30 heavy (non-hydrogen) atoms. The summed E-state index contributed by atoms with van der Waals surface area (Å²) in [4.78, 5) is 47.8. The van der Waals surface area contributed by atoms with Crippen molar-refractivity contribution in [1.29, 1.82) is 0 Å². The van der Waals surface area contributed by atoms with Crippen LogP contribution in [-0.2, 0) is 30.3 Å². The lowest BCUT2D eigenvalue weighted by Crippen LogP contribution is -2.63. The molecule has 160 valence electrons. The Balaban J connectivity index is 1.65. The maximum Gasteiger partial charge on any atom is 0.356 e. The van der Waals surface area contributed by atoms with Crippen molar-refractivity contribution >= 4 is 23.5 Å². The Labute approximate surface area is 172 Å². The van der Waals surface area contributed by atoms with Gasteiger partial charge in [0.05, 0.1) is 11.3 Å². The first-order valence-electron chi connectivity index (χ1n) is 9.32. The van der Waals surface area contributed by atoms with Crippen LogP contribution in [0.15, 0.2) is 35.7 Å². The molecular formula is C20H22N2O8. The lowest BCUT2D eigenvalue weighted by molar-refractivity contribution is -0.384. The number of β-lactam (4-membered cyclic amide) rings is 1. The maximum absolute atomic E-state index is 12.6. The van der Waals surface area contributed by atoms with Gasteiger partial charge in [-0.3, -0.25) is 24.6 Å². The van der Waals surface area contributed by atoms with Gasteiger partial charge in [0.25, 0.3) is 5.69 Å². The number of carbonyl (C=O) groups is 3. The van der Waals surface area contributed by atoms with Gasteiger partial charge < -0.3 is 14.6 Å². The Morgan fingerprint density at radius 3 is 2.40 bits per heavy atom. The van der Waals surface area contributed by atoms with Crippen LogP contribution in [-0.4, -0.2) is 45.1 Å². The number of benzene rings is 1. The van der Waals surface area contributed by atoms with Crippen LogP contribution in [0.3, 0.4) is 0 Å². The van der Waals surface area contributed by atoms with E-state index in [-0.39, 0.29) is 23.6 Å². The predicted octanol–water partition coefficient (Wildman–Crippen LogP) is 2.23. The number of carboxylic acids is 1. The number of esters is 1. The number of carbonyl (C=O) groups excluding carboxylic acids is 2. The van der Waals surface area contributed by atoms with Crippen molar-refractivity contribution in [2.75, 3.05) is 0 Å². The van der Waals surface area contributed by atoms with Gasteiger partial charge in [-0.1, -0.05) is 32.9 Å². The van der Waals surface area contributed by atoms with Crippen LogP contribution in [0, 0.1) is 21.4 Å². The minimum atomic E-state index is -1.25. The minimum absolute atomic E-state index is 0.0876. The number of hydrogen-bond acceptors (Lipinski definition) is 7. The van der Waals surface area contributed by atoms with Crippen LogP contribution in [0.5, 0.6) is 0 Å². The topological polar surface area (TPSA) is 136 Å². The molecule has 0 bridgehead atoms. The van der Waals surface area contributed by atoms with Crippen molar-refractivity contribution in [3.8, 4) is 0 Å². The Kier molecular flexibility index (Phi) is 5.27. The fourth-order valence-electron chi connectivity index (χ4n) is 3.53. The summed E-state index contributed by atoms with van der Waals surface area (Å²) in [6.07, 6.45) is -1.79. The Morgan fingerprint density at radius 2 is 1.90 bits per heavy atom. The molecule has 2 heterocycles. The van der Waals surface area contributed by atoms with Crippen LogP contribution in [0.4, 0.5) is 5.69 Å². The average molecular weight is 418 g/mol. The first-order chi connectivity index (χ1) is 13.9. The smallest absolute Gasteiger partial charge is 0.356 e. The van der Waals surface area contributed by atoms with Gasteiger partial charge in [-0.05, 0) is 12.5 Å². The quantitative estimate of drug-likeness (QED) is 0.321. The summed E-state index contributed by atoms with van der Waals surface area (Å²) in [5.74, 6) is -2.95. The highest BCUT2D eigenvalue weighted by Gasteiger charge is 2.61. The molecule has 0 aliphatic carbocycles. The van der Waals surface area contributed by atoms with E-state index in [1.165, 1.54) is 24.3 Å². The van der Waals surface area contributed by atoms with E-state index in [1.54, 1.807) is 27.7 Å². The van der Waals surface area contributed by atoms with Gasteiger partial charge in [-0.25, -0.2) is 4.79 Å². The van der Waals surface area contributed by atoms with Crippen molar-refractivity contribution in [3.63, 3.8) is 0 Å². The van der Waals surface area contributed by atoms with Gasteiger partial charge >= 0.3 is 11.9 Å². The third-order valence-electron chi connectivity index (χ3n) is 4.98. The Morgan fingerprint density at radius 1 is 1.30 bits per heavy atom. The number of non-ortho nitro benzene ring substituents is 1. The number of fused-ring (bicyclic) bond motifs is 1. The Bertz CT molecular complexity index is 945. The number of nitro groups is 1. The number of carboxylic acid groups (broad SMARTS) is 1. The highest BCUT2D eigenvalue weighted by molar-refractivity contribution is 5.99. The molecule has 10 nitrogen and oxygen atoms in total. The predicted molar refractivity (Wildman–Crippen MR) is 102 cm³/mol. The molecule has 1 fully saturated rings. The molecule has 1 N–H and O–H groups in total. The van der Waals surface area contributed by atoms with E-state index in [1.807, 2.05) is 0 Å². The molecule has 1 aromatic carbocycles. The van der Waals surface area contributed by atoms with E-state index < -0.39 is 46.4 Å². The van der Waals surface area contributed by atoms with Crippen molar-refractivity contribution in [3.05, 3.63) is 51.4 Å². The van der Waals surface area contributed by atoms with E-state index in [0.29, 0.717) is 5.56 Å². The first-order valence-corrected chi connectivity index (χ1v) is 9.32. The van der Waals surface area contributed by atoms with Gasteiger partial charge in [0.1, 0.15) is 17.8 Å². The van der Waals surface area contributed by atoms with E-state index in [4.69, 9.17) is 9.47 Å². The van der Waals surface area contributed by atoms with Crippen LogP contribution in [0.2, 0.25) is 0 Å². The summed E-state index contributed by atoms with van der Waals surface area (Å²) in [7, 11) is 0. The average Bonchev–Trinajstić information content (AvgIpc) is 2.97. The zero-order valence-corrected chi connectivity index (χ0v) is 16.9. The molecule has 2 aliphatic rings. The molecule has 2 aliphatic heterocycles. The Hall–Kier alpha value is -3.43. The van der Waals surface area contributed by atoms with Gasteiger partial charge in [0, 0.05) is 17.5 Å². The molecule has 1 amide bonds. The van der Waals surface area contributed by atoms with Gasteiger partial charge in [0.2, 0.25) is 5.91 Å². The van der Waals surface area contributed by atoms with Crippen LogP contribution >= 0.6 is 0 Å². The van der Waals surface area contributed by atoms with Gasteiger partial charge in [-0.2, -0.15) is 0 Å². The maximum atomic E-state index is 12.6. The second-order valence-electron chi connectivity index (χ2n) is 8.27. The number of aliphatic carboxylic acids is 1. The first kappa shape index (κ1) is 21.3. The van der Waals surface area contributed by atoms with Crippen molar-refractivity contribution in [2.24, 2.45) is 11.3 Å². The summed E-state index contributed by atoms with van der Waals surface area (Å²) in [5.41, 5.74) is -0.360. The number of rotatable bonds is 6. The third-order valence-corrected chi connectivity index (χ3v) is 4.98. The fraction of sp³-hybridized carbons (Fsp3) is 0.450. The lowest BCUT2D eigenvalue weighted by Gasteiger charge is -2.43. The number of ether oxygens (including phenoxy) is 2. The highest BCUT2D eigenvalue weighted by atomic mass is 16.6. The van der Waals surface area contributed by atoms with Gasteiger partial charge in [0.15, 0.2) is 11.9 Å². The van der Waals surface area contributed by atoms with Crippen LogP contribution < -0.4 is 0 Å². The number of amides is 1.